The van der Waals surface area contributed by atoms with E-state index in [0.29, 0.717) is 30.6 Å². The maximum absolute atomic E-state index is 6.09. The number of nitrogens with two attached hydrogens (primary N) is 1. The summed E-state index contributed by atoms with van der Waals surface area (Å²) in [7, 11) is 0. The van der Waals surface area contributed by atoms with Gasteiger partial charge in [0.1, 0.15) is 0 Å². The van der Waals surface area contributed by atoms with Crippen LogP contribution in [-0.4, -0.2) is 31.6 Å². The maximum atomic E-state index is 6.09. The molecule has 2 heterocycles. The first-order valence-electron chi connectivity index (χ1n) is 11.7. The zero-order chi connectivity index (χ0) is 21.2. The van der Waals surface area contributed by atoms with E-state index >= 15 is 0 Å². The van der Waals surface area contributed by atoms with E-state index in [9.17, 15) is 0 Å². The lowest BCUT2D eigenvalue weighted by molar-refractivity contribution is 0.410. The van der Waals surface area contributed by atoms with E-state index in [-0.39, 0.29) is 24.8 Å². The molecule has 2 aliphatic carbocycles. The molecule has 2 saturated carbocycles. The summed E-state index contributed by atoms with van der Waals surface area (Å²) in [5.74, 6) is 1.50. The van der Waals surface area contributed by atoms with Crippen LogP contribution in [0.15, 0.2) is 30.6 Å². The minimum Gasteiger partial charge on any atom is -0.364 e. The Hall–Kier alpha value is -2.09. The van der Waals surface area contributed by atoms with E-state index < -0.39 is 0 Å². The fourth-order valence-electron chi connectivity index (χ4n) is 4.99. The van der Waals surface area contributed by atoms with Crippen LogP contribution in [0.2, 0.25) is 0 Å². The molecule has 180 valence electrons. The van der Waals surface area contributed by atoms with Crippen molar-refractivity contribution in [2.75, 3.05) is 10.6 Å². The van der Waals surface area contributed by atoms with Crippen molar-refractivity contribution >= 4 is 47.7 Å². The van der Waals surface area contributed by atoms with Crippen molar-refractivity contribution in [1.29, 1.82) is 0 Å². The van der Waals surface area contributed by atoms with E-state index in [1.165, 1.54) is 36.8 Å². The van der Waals surface area contributed by atoms with Gasteiger partial charge in [-0.3, -0.25) is 0 Å². The molecular weight excluding hydrogens is 457 g/mol. The molecule has 0 saturated heterocycles. The molecule has 5 rings (SSSR count). The quantitative estimate of drug-likeness (QED) is 0.427. The van der Waals surface area contributed by atoms with Crippen molar-refractivity contribution in [2.45, 2.75) is 83.0 Å². The zero-order valence-electron chi connectivity index (χ0n) is 19.2. The Morgan fingerprint density at radius 3 is 2.45 bits per heavy atom. The average Bonchev–Trinajstić information content (AvgIpc) is 3.44. The van der Waals surface area contributed by atoms with Gasteiger partial charge in [-0.1, -0.05) is 37.1 Å². The first kappa shape index (κ1) is 25.5. The highest BCUT2D eigenvalue weighted by molar-refractivity contribution is 5.86. The number of fused-ring (bicyclic) bond motifs is 1. The van der Waals surface area contributed by atoms with Gasteiger partial charge >= 0.3 is 0 Å². The number of halogens is 2. The summed E-state index contributed by atoms with van der Waals surface area (Å²) in [6, 6.07) is 9.65. The molecule has 0 atom stereocenters. The van der Waals surface area contributed by atoms with E-state index in [2.05, 4.69) is 46.4 Å². The largest absolute Gasteiger partial charge is 0.364 e. The van der Waals surface area contributed by atoms with Crippen molar-refractivity contribution in [3.05, 3.63) is 41.7 Å². The second-order valence-electron chi connectivity index (χ2n) is 9.19. The fraction of sp³-hybridized carbons (Fsp3) is 0.542. The molecule has 0 unspecified atom stereocenters. The first-order valence-corrected chi connectivity index (χ1v) is 11.7. The molecule has 4 N–H and O–H groups in total. The molecule has 3 aromatic rings. The Bertz CT molecular complexity index is 1040. The number of aromatic nitrogens is 4. The van der Waals surface area contributed by atoms with Crippen molar-refractivity contribution in [3.63, 3.8) is 0 Å². The Kier molecular flexibility index (Phi) is 8.79. The summed E-state index contributed by atoms with van der Waals surface area (Å²) in [6.07, 6.45) is 11.2. The number of benzene rings is 1. The van der Waals surface area contributed by atoms with E-state index in [4.69, 9.17) is 20.7 Å². The molecule has 2 aromatic heterocycles. The van der Waals surface area contributed by atoms with Crippen LogP contribution < -0.4 is 16.4 Å². The lowest BCUT2D eigenvalue weighted by Crippen LogP contribution is -2.33. The number of imidazole rings is 1. The van der Waals surface area contributed by atoms with Gasteiger partial charge in [-0.15, -0.1) is 24.8 Å². The Labute approximate surface area is 208 Å². The number of nitrogens with zero attached hydrogens (tertiary/aromatic N) is 4. The number of hydrogen-bond acceptors (Lipinski definition) is 6. The molecule has 7 nitrogen and oxygen atoms in total. The molecule has 0 amide bonds. The summed E-state index contributed by atoms with van der Waals surface area (Å²) in [5.41, 5.74) is 10.4. The second kappa shape index (κ2) is 11.4. The molecule has 0 bridgehead atoms. The van der Waals surface area contributed by atoms with E-state index in [1.807, 2.05) is 6.33 Å². The second-order valence-corrected chi connectivity index (χ2v) is 9.19. The van der Waals surface area contributed by atoms with Gasteiger partial charge < -0.3 is 20.9 Å². The Balaban J connectivity index is 0.00000153. The Morgan fingerprint density at radius 2 is 1.73 bits per heavy atom. The molecule has 33 heavy (non-hydrogen) atoms. The summed E-state index contributed by atoms with van der Waals surface area (Å²) >= 11 is 0. The molecule has 0 aliphatic heterocycles. The predicted molar refractivity (Wildman–Crippen MR) is 140 cm³/mol. The summed E-state index contributed by atoms with van der Waals surface area (Å²) in [5, 5.41) is 7.14. The van der Waals surface area contributed by atoms with Crippen LogP contribution in [0.3, 0.4) is 0 Å². The lowest BCUT2D eigenvalue weighted by atomic mass is 9.92. The van der Waals surface area contributed by atoms with Crippen LogP contribution in [0.5, 0.6) is 0 Å². The van der Waals surface area contributed by atoms with Gasteiger partial charge in [-0.25, -0.2) is 4.98 Å². The first-order chi connectivity index (χ1) is 15.2. The van der Waals surface area contributed by atoms with Gasteiger partial charge in [-0.2, -0.15) is 9.97 Å². The van der Waals surface area contributed by atoms with Gasteiger partial charge in [-0.05, 0) is 56.6 Å². The smallest absolute Gasteiger partial charge is 0.227 e. The van der Waals surface area contributed by atoms with E-state index in [1.54, 1.807) is 0 Å². The minimum absolute atomic E-state index is 0. The standard InChI is InChI=1S/C24H33N7.2ClH/c1-16-6-2-3-7-17(16)14-26-22-21-23(31(15-27-21)20-8-4-5-9-20)30-24(29-22)28-19-12-10-18(25)11-13-19;;/h2-3,6-7,15,18-20H,4-5,8-14,25H2,1H3,(H2,26,28,29,30);2*1H. The molecule has 2 fully saturated rings. The number of hydrogen-bond donors (Lipinski definition) is 3. The van der Waals surface area contributed by atoms with Gasteiger partial charge in [0.15, 0.2) is 17.0 Å². The highest BCUT2D eigenvalue weighted by Crippen LogP contribution is 2.33. The van der Waals surface area contributed by atoms with E-state index in [0.717, 1.165) is 42.7 Å². The third-order valence-electron chi connectivity index (χ3n) is 6.95. The number of rotatable bonds is 6. The van der Waals surface area contributed by atoms with Crippen molar-refractivity contribution in [3.8, 4) is 0 Å². The van der Waals surface area contributed by atoms with Crippen LogP contribution in [0.4, 0.5) is 11.8 Å². The average molecular weight is 492 g/mol. The summed E-state index contributed by atoms with van der Waals surface area (Å²) < 4.78 is 2.27. The third kappa shape index (κ3) is 5.70. The minimum atomic E-state index is 0. The molecule has 1 aromatic carbocycles. The zero-order valence-corrected chi connectivity index (χ0v) is 20.8. The topological polar surface area (TPSA) is 93.7 Å². The van der Waals surface area contributed by atoms with Crippen molar-refractivity contribution in [2.24, 2.45) is 5.73 Å². The van der Waals surface area contributed by atoms with Gasteiger partial charge in [0.05, 0.1) is 6.33 Å². The van der Waals surface area contributed by atoms with Gasteiger partial charge in [0.2, 0.25) is 5.95 Å². The van der Waals surface area contributed by atoms with Crippen LogP contribution in [0.1, 0.15) is 68.5 Å². The maximum Gasteiger partial charge on any atom is 0.227 e. The predicted octanol–water partition coefficient (Wildman–Crippen LogP) is 5.39. The van der Waals surface area contributed by atoms with Crippen molar-refractivity contribution < 1.29 is 0 Å². The SMILES string of the molecule is Cc1ccccc1CNc1nc(NC2CCC(N)CC2)nc2c1ncn2C1CCCC1.Cl.Cl. The normalized spacial score (nSPS) is 20.8. The number of anilines is 2. The molecule has 9 heteroatoms. The highest BCUT2D eigenvalue weighted by Gasteiger charge is 2.23. The summed E-state index contributed by atoms with van der Waals surface area (Å²) in [6.45, 7) is 2.86. The molecule has 0 spiro atoms. The Morgan fingerprint density at radius 1 is 1.00 bits per heavy atom. The monoisotopic (exact) mass is 491 g/mol. The van der Waals surface area contributed by atoms with Crippen LogP contribution in [0.25, 0.3) is 11.2 Å². The molecule has 2 aliphatic rings. The summed E-state index contributed by atoms with van der Waals surface area (Å²) in [4.78, 5) is 14.5. The van der Waals surface area contributed by atoms with Crippen molar-refractivity contribution in [1.82, 2.24) is 19.5 Å². The highest BCUT2D eigenvalue weighted by atomic mass is 35.5. The van der Waals surface area contributed by atoms with Crippen LogP contribution in [0, 0.1) is 6.92 Å². The number of nitrogens with one attached hydrogen (secondary N) is 2. The van der Waals surface area contributed by atoms with Crippen LogP contribution >= 0.6 is 24.8 Å². The lowest BCUT2D eigenvalue weighted by Gasteiger charge is -2.27. The van der Waals surface area contributed by atoms with Gasteiger partial charge in [0.25, 0.3) is 0 Å². The molecular formula is C24H35Cl2N7. The fourth-order valence-corrected chi connectivity index (χ4v) is 4.99. The van der Waals surface area contributed by atoms with Crippen LogP contribution in [-0.2, 0) is 6.54 Å². The molecule has 0 radical (unpaired) electrons. The third-order valence-corrected chi connectivity index (χ3v) is 6.95. The number of aryl methyl sites for hydroxylation is 1. The van der Waals surface area contributed by atoms with Gasteiger partial charge in [0, 0.05) is 24.7 Å².